The molecule has 4 aromatic rings. The molecule has 0 atom stereocenters. The van der Waals surface area contributed by atoms with Crippen molar-refractivity contribution in [2.45, 2.75) is 37.8 Å². The van der Waals surface area contributed by atoms with Crippen LogP contribution >= 0.6 is 11.8 Å². The van der Waals surface area contributed by atoms with Crippen LogP contribution in [0.15, 0.2) is 76.8 Å². The summed E-state index contributed by atoms with van der Waals surface area (Å²) in [5, 5.41) is 3.91. The van der Waals surface area contributed by atoms with Gasteiger partial charge in [-0.15, -0.1) is 0 Å². The van der Waals surface area contributed by atoms with Crippen LogP contribution in [0.4, 0.5) is 11.4 Å². The third-order valence-electron chi connectivity index (χ3n) is 6.33. The van der Waals surface area contributed by atoms with Crippen molar-refractivity contribution in [2.24, 2.45) is 0 Å². The first-order valence-corrected chi connectivity index (χ1v) is 13.3. The van der Waals surface area contributed by atoms with Crippen LogP contribution in [0, 0.1) is 6.92 Å². The molecule has 0 radical (unpaired) electrons. The van der Waals surface area contributed by atoms with Gasteiger partial charge in [0, 0.05) is 30.7 Å². The first-order valence-electron chi connectivity index (χ1n) is 12.3. The molecule has 7 nitrogen and oxygen atoms in total. The van der Waals surface area contributed by atoms with Crippen molar-refractivity contribution >= 4 is 39.9 Å². The summed E-state index contributed by atoms with van der Waals surface area (Å²) in [6.45, 7) is 4.11. The minimum absolute atomic E-state index is 0.116. The summed E-state index contributed by atoms with van der Waals surface area (Å²) >= 11 is 1.22. The maximum absolute atomic E-state index is 13.3. The molecule has 8 heteroatoms. The van der Waals surface area contributed by atoms with Gasteiger partial charge in [0.05, 0.1) is 16.7 Å². The highest BCUT2D eigenvalue weighted by molar-refractivity contribution is 7.99. The van der Waals surface area contributed by atoms with Gasteiger partial charge in [-0.2, -0.15) is 0 Å². The molecule has 2 aromatic carbocycles. The number of rotatable bonds is 6. The van der Waals surface area contributed by atoms with Gasteiger partial charge in [-0.25, -0.2) is 14.5 Å². The Morgan fingerprint density at radius 2 is 1.75 bits per heavy atom. The quantitative estimate of drug-likeness (QED) is 0.290. The number of hydrogen-bond donors (Lipinski definition) is 1. The predicted octanol–water partition coefficient (Wildman–Crippen LogP) is 5.20. The second kappa shape index (κ2) is 11.0. The third kappa shape index (κ3) is 5.44. The molecule has 1 aliphatic heterocycles. The minimum atomic E-state index is -0.203. The number of aryl methyl sites for hydroxylation is 1. The average Bonchev–Trinajstić information content (AvgIpc) is 3.18. The standard InChI is InChI=1S/C28H29N5O2S/c1-20-14-15-29-25(18-20)33-27(35)23-8-4-5-9-24(23)31-28(33)36-19-26(34)30-21-10-12-22(13-11-21)32-16-6-2-3-7-17-32/h4-5,8-15,18H,2-3,6-7,16-17,19H2,1H3,(H,30,34). The van der Waals surface area contributed by atoms with Crippen molar-refractivity contribution in [2.75, 3.05) is 29.1 Å². The number of para-hydroxylation sites is 1. The van der Waals surface area contributed by atoms with E-state index >= 15 is 0 Å². The Balaban J connectivity index is 1.33. The van der Waals surface area contributed by atoms with E-state index in [1.165, 1.54) is 47.7 Å². The Hall–Kier alpha value is -3.65. The van der Waals surface area contributed by atoms with E-state index in [9.17, 15) is 9.59 Å². The molecular formula is C28H29N5O2S. The van der Waals surface area contributed by atoms with E-state index in [1.54, 1.807) is 18.3 Å². The zero-order valence-corrected chi connectivity index (χ0v) is 21.1. The molecule has 1 aliphatic rings. The number of aromatic nitrogens is 3. The molecule has 1 saturated heterocycles. The molecule has 0 unspecified atom stereocenters. The molecule has 0 bridgehead atoms. The van der Waals surface area contributed by atoms with Gasteiger partial charge >= 0.3 is 0 Å². The SMILES string of the molecule is Cc1ccnc(-n2c(SCC(=O)Nc3ccc(N4CCCCCC4)cc3)nc3ccccc3c2=O)c1. The van der Waals surface area contributed by atoms with E-state index in [4.69, 9.17) is 4.98 Å². The molecule has 0 aliphatic carbocycles. The van der Waals surface area contributed by atoms with Gasteiger partial charge in [0.15, 0.2) is 5.16 Å². The normalized spacial score (nSPS) is 14.0. The summed E-state index contributed by atoms with van der Waals surface area (Å²) in [5.41, 5.74) is 3.32. The van der Waals surface area contributed by atoms with Crippen molar-refractivity contribution in [3.05, 3.63) is 82.8 Å². The largest absolute Gasteiger partial charge is 0.372 e. The van der Waals surface area contributed by atoms with Crippen LogP contribution in [0.5, 0.6) is 0 Å². The number of pyridine rings is 1. The zero-order chi connectivity index (χ0) is 24.9. The van der Waals surface area contributed by atoms with E-state index < -0.39 is 0 Å². The lowest BCUT2D eigenvalue weighted by molar-refractivity contribution is -0.113. The monoisotopic (exact) mass is 499 g/mol. The number of benzene rings is 2. The molecular weight excluding hydrogens is 470 g/mol. The van der Waals surface area contributed by atoms with Crippen molar-refractivity contribution in [1.82, 2.24) is 14.5 Å². The molecule has 0 spiro atoms. The fraction of sp³-hybridized carbons (Fsp3) is 0.286. The predicted molar refractivity (Wildman–Crippen MR) is 146 cm³/mol. The molecule has 0 saturated carbocycles. The highest BCUT2D eigenvalue weighted by Gasteiger charge is 2.16. The highest BCUT2D eigenvalue weighted by atomic mass is 32.2. The molecule has 1 fully saturated rings. The minimum Gasteiger partial charge on any atom is -0.372 e. The molecule has 1 amide bonds. The first kappa shape index (κ1) is 24.1. The van der Waals surface area contributed by atoms with Gasteiger partial charge in [0.2, 0.25) is 5.91 Å². The van der Waals surface area contributed by atoms with Gasteiger partial charge in [-0.3, -0.25) is 9.59 Å². The Bertz CT molecular complexity index is 1430. The Morgan fingerprint density at radius 3 is 2.50 bits per heavy atom. The number of anilines is 2. The second-order valence-electron chi connectivity index (χ2n) is 9.03. The zero-order valence-electron chi connectivity index (χ0n) is 20.3. The Morgan fingerprint density at radius 1 is 1.00 bits per heavy atom. The molecule has 2 aromatic heterocycles. The van der Waals surface area contributed by atoms with Crippen LogP contribution in [0.25, 0.3) is 16.7 Å². The highest BCUT2D eigenvalue weighted by Crippen LogP contribution is 2.23. The van der Waals surface area contributed by atoms with E-state index in [-0.39, 0.29) is 17.2 Å². The summed E-state index contributed by atoms with van der Waals surface area (Å²) in [6, 6.07) is 19.0. The second-order valence-corrected chi connectivity index (χ2v) is 9.97. The fourth-order valence-corrected chi connectivity index (χ4v) is 5.27. The lowest BCUT2D eigenvalue weighted by Gasteiger charge is -2.22. The topological polar surface area (TPSA) is 80.1 Å². The maximum atomic E-state index is 13.3. The summed E-state index contributed by atoms with van der Waals surface area (Å²) in [7, 11) is 0. The number of carbonyl (C=O) groups excluding carboxylic acids is 1. The smallest absolute Gasteiger partial charge is 0.267 e. The number of nitrogens with one attached hydrogen (secondary N) is 1. The fourth-order valence-electron chi connectivity index (χ4n) is 4.47. The van der Waals surface area contributed by atoms with Crippen molar-refractivity contribution < 1.29 is 4.79 Å². The lowest BCUT2D eigenvalue weighted by atomic mass is 10.2. The molecule has 184 valence electrons. The van der Waals surface area contributed by atoms with Crippen molar-refractivity contribution in [3.8, 4) is 5.82 Å². The summed E-state index contributed by atoms with van der Waals surface area (Å²) in [4.78, 5) is 37.6. The van der Waals surface area contributed by atoms with Crippen LogP contribution < -0.4 is 15.8 Å². The van der Waals surface area contributed by atoms with Crippen LogP contribution in [0.1, 0.15) is 31.2 Å². The van der Waals surface area contributed by atoms with Crippen molar-refractivity contribution in [3.63, 3.8) is 0 Å². The average molecular weight is 500 g/mol. The molecule has 1 N–H and O–H groups in total. The maximum Gasteiger partial charge on any atom is 0.267 e. The van der Waals surface area contributed by atoms with Gasteiger partial charge in [-0.1, -0.05) is 36.7 Å². The van der Waals surface area contributed by atoms with E-state index in [0.29, 0.717) is 21.9 Å². The van der Waals surface area contributed by atoms with Crippen LogP contribution in [-0.4, -0.2) is 39.3 Å². The molecule has 36 heavy (non-hydrogen) atoms. The Kier molecular flexibility index (Phi) is 7.32. The number of hydrogen-bond acceptors (Lipinski definition) is 6. The first-order chi connectivity index (χ1) is 17.6. The summed E-state index contributed by atoms with van der Waals surface area (Å²) in [6.07, 6.45) is 6.70. The van der Waals surface area contributed by atoms with Crippen LogP contribution in [0.2, 0.25) is 0 Å². The van der Waals surface area contributed by atoms with Gasteiger partial charge in [-0.05, 0) is 73.9 Å². The van der Waals surface area contributed by atoms with Gasteiger partial charge in [0.25, 0.3) is 5.56 Å². The summed E-state index contributed by atoms with van der Waals surface area (Å²) < 4.78 is 1.49. The number of amides is 1. The third-order valence-corrected chi connectivity index (χ3v) is 7.27. The molecule has 5 rings (SSSR count). The number of nitrogens with zero attached hydrogens (tertiary/aromatic N) is 4. The lowest BCUT2D eigenvalue weighted by Crippen LogP contribution is -2.24. The number of thioether (sulfide) groups is 1. The Labute approximate surface area is 214 Å². The van der Waals surface area contributed by atoms with Crippen LogP contribution in [0.3, 0.4) is 0 Å². The molecule has 3 heterocycles. The van der Waals surface area contributed by atoms with Gasteiger partial charge in [0.1, 0.15) is 5.82 Å². The van der Waals surface area contributed by atoms with Crippen molar-refractivity contribution in [1.29, 1.82) is 0 Å². The number of carbonyl (C=O) groups is 1. The number of fused-ring (bicyclic) bond motifs is 1. The summed E-state index contributed by atoms with van der Waals surface area (Å²) in [5.74, 6) is 0.448. The van der Waals surface area contributed by atoms with E-state index in [1.807, 2.05) is 43.3 Å². The van der Waals surface area contributed by atoms with E-state index in [2.05, 4.69) is 27.3 Å². The van der Waals surface area contributed by atoms with Crippen LogP contribution in [-0.2, 0) is 4.79 Å². The van der Waals surface area contributed by atoms with Gasteiger partial charge < -0.3 is 10.2 Å². The van der Waals surface area contributed by atoms with E-state index in [0.717, 1.165) is 24.3 Å².